The third-order valence-electron chi connectivity index (χ3n) is 4.50. The van der Waals surface area contributed by atoms with Crippen molar-refractivity contribution in [1.29, 1.82) is 0 Å². The summed E-state index contributed by atoms with van der Waals surface area (Å²) in [5.41, 5.74) is 1.90. The molecule has 2 aromatic carbocycles. The Morgan fingerprint density at radius 3 is 1.81 bits per heavy atom. The molecule has 26 heavy (non-hydrogen) atoms. The Hall–Kier alpha value is -1.74. The van der Waals surface area contributed by atoms with Crippen molar-refractivity contribution in [1.82, 2.24) is 4.31 Å². The minimum absolute atomic E-state index is 0.0596. The van der Waals surface area contributed by atoms with E-state index >= 15 is 0 Å². The van der Waals surface area contributed by atoms with Gasteiger partial charge in [0.25, 0.3) is 10.1 Å². The van der Waals surface area contributed by atoms with Gasteiger partial charge in [-0.3, -0.25) is 4.18 Å². The molecule has 1 fully saturated rings. The Kier molecular flexibility index (Phi) is 4.96. The molecule has 3 rings (SSSR count). The molecule has 1 saturated heterocycles. The summed E-state index contributed by atoms with van der Waals surface area (Å²) in [6.45, 7) is 5.26. The van der Waals surface area contributed by atoms with Crippen molar-refractivity contribution in [3.63, 3.8) is 0 Å². The highest BCUT2D eigenvalue weighted by atomic mass is 32.2. The van der Waals surface area contributed by atoms with Crippen LogP contribution in [0.1, 0.15) is 18.1 Å². The maximum atomic E-state index is 12.7. The molecule has 0 bridgehead atoms. The molecule has 0 spiro atoms. The van der Waals surface area contributed by atoms with Crippen LogP contribution in [0.5, 0.6) is 0 Å². The highest BCUT2D eigenvalue weighted by molar-refractivity contribution is 7.89. The predicted molar refractivity (Wildman–Crippen MR) is 97.8 cm³/mol. The van der Waals surface area contributed by atoms with Crippen molar-refractivity contribution in [2.45, 2.75) is 42.6 Å². The van der Waals surface area contributed by atoms with Crippen LogP contribution in [0.3, 0.4) is 0 Å². The number of hydrogen-bond donors (Lipinski definition) is 0. The van der Waals surface area contributed by atoms with Crippen LogP contribution in [-0.2, 0) is 24.3 Å². The van der Waals surface area contributed by atoms with Crippen LogP contribution in [0.4, 0.5) is 0 Å². The summed E-state index contributed by atoms with van der Waals surface area (Å²) in [5.74, 6) is 0. The van der Waals surface area contributed by atoms with E-state index in [-0.39, 0.29) is 22.4 Å². The molecule has 0 radical (unpaired) electrons. The highest BCUT2D eigenvalue weighted by Crippen LogP contribution is 2.36. The summed E-state index contributed by atoms with van der Waals surface area (Å²) >= 11 is 0. The molecule has 2 aromatic rings. The first kappa shape index (κ1) is 19.0. The lowest BCUT2D eigenvalue weighted by molar-refractivity contribution is 0.310. The van der Waals surface area contributed by atoms with Crippen LogP contribution in [-0.4, -0.2) is 39.8 Å². The van der Waals surface area contributed by atoms with Crippen LogP contribution in [0, 0.1) is 13.8 Å². The molecule has 0 aromatic heterocycles. The van der Waals surface area contributed by atoms with Gasteiger partial charge in [0.05, 0.1) is 22.4 Å². The van der Waals surface area contributed by atoms with Gasteiger partial charge in [-0.05, 0) is 45.0 Å². The van der Waals surface area contributed by atoms with Crippen LogP contribution >= 0.6 is 0 Å². The largest absolute Gasteiger partial charge is 0.297 e. The molecule has 0 aliphatic carbocycles. The summed E-state index contributed by atoms with van der Waals surface area (Å²) < 4.78 is 56.2. The third-order valence-corrected chi connectivity index (χ3v) is 7.82. The molecule has 140 valence electrons. The van der Waals surface area contributed by atoms with Crippen molar-refractivity contribution < 1.29 is 21.0 Å². The second kappa shape index (κ2) is 6.77. The molecule has 6 nitrogen and oxygen atoms in total. The number of nitrogens with zero attached hydrogens (tertiary/aromatic N) is 1. The Morgan fingerprint density at radius 2 is 1.31 bits per heavy atom. The Labute approximate surface area is 154 Å². The molecular formula is C18H21NO5S2. The van der Waals surface area contributed by atoms with Crippen LogP contribution in [0.2, 0.25) is 0 Å². The predicted octanol–water partition coefficient (Wildman–Crippen LogP) is 2.47. The van der Waals surface area contributed by atoms with Gasteiger partial charge in [0.2, 0.25) is 10.0 Å². The molecule has 0 N–H and O–H groups in total. The average molecular weight is 396 g/mol. The van der Waals surface area contributed by atoms with Gasteiger partial charge in [-0.15, -0.1) is 0 Å². The van der Waals surface area contributed by atoms with E-state index in [0.29, 0.717) is 0 Å². The number of aryl methyl sites for hydroxylation is 2. The van der Waals surface area contributed by atoms with Gasteiger partial charge in [0.1, 0.15) is 0 Å². The van der Waals surface area contributed by atoms with E-state index < -0.39 is 26.2 Å². The van der Waals surface area contributed by atoms with Gasteiger partial charge >= 0.3 is 0 Å². The standard InChI is InChI=1S/C18H21NO5S2/c1-13-4-8-16(9-5-13)25(20,21)19-15(3)18(19)12-24-26(22,23)17-10-6-14(2)7-11-17/h4-11,15,18H,12H2,1-3H3/t15-,18-,19?/m0/s1. The molecule has 1 unspecified atom stereocenters. The SMILES string of the molecule is Cc1ccc(S(=O)(=O)OC[C@H]2[C@H](C)N2S(=O)(=O)c2ccc(C)cc2)cc1. The van der Waals surface area contributed by atoms with Crippen molar-refractivity contribution in [2.24, 2.45) is 0 Å². The summed E-state index contributed by atoms with van der Waals surface area (Å²) in [7, 11) is -7.58. The van der Waals surface area contributed by atoms with Gasteiger partial charge in [0.15, 0.2) is 0 Å². The molecule has 0 amide bonds. The van der Waals surface area contributed by atoms with Crippen LogP contribution in [0.25, 0.3) is 0 Å². The second-order valence-electron chi connectivity index (χ2n) is 6.51. The zero-order chi connectivity index (χ0) is 19.1. The number of rotatable bonds is 6. The lowest BCUT2D eigenvalue weighted by Gasteiger charge is -2.08. The van der Waals surface area contributed by atoms with E-state index in [0.717, 1.165) is 11.1 Å². The van der Waals surface area contributed by atoms with Gasteiger partial charge in [-0.25, -0.2) is 8.42 Å². The first-order valence-electron chi connectivity index (χ1n) is 8.19. The van der Waals surface area contributed by atoms with Gasteiger partial charge in [0, 0.05) is 6.04 Å². The van der Waals surface area contributed by atoms with E-state index in [9.17, 15) is 16.8 Å². The number of sulfonamides is 1. The Morgan fingerprint density at radius 1 is 0.846 bits per heavy atom. The maximum absolute atomic E-state index is 12.7. The summed E-state index contributed by atoms with van der Waals surface area (Å²) in [6.07, 6.45) is 0. The number of hydrogen-bond acceptors (Lipinski definition) is 5. The van der Waals surface area contributed by atoms with Gasteiger partial charge < -0.3 is 0 Å². The summed E-state index contributed by atoms with van der Waals surface area (Å²) in [4.78, 5) is 0.253. The van der Waals surface area contributed by atoms with E-state index in [1.807, 2.05) is 13.8 Å². The zero-order valence-corrected chi connectivity index (χ0v) is 16.4. The van der Waals surface area contributed by atoms with Crippen LogP contribution in [0.15, 0.2) is 58.3 Å². The summed E-state index contributed by atoms with van der Waals surface area (Å²) in [6, 6.07) is 12.1. The third kappa shape index (κ3) is 3.68. The number of benzene rings is 2. The minimum Gasteiger partial charge on any atom is -0.265 e. The molecule has 3 atom stereocenters. The highest BCUT2D eigenvalue weighted by Gasteiger charge is 2.53. The lowest BCUT2D eigenvalue weighted by atomic mass is 10.2. The fraction of sp³-hybridized carbons (Fsp3) is 0.333. The summed E-state index contributed by atoms with van der Waals surface area (Å²) in [5, 5.41) is 0. The Balaban J connectivity index is 1.70. The monoisotopic (exact) mass is 395 g/mol. The maximum Gasteiger partial charge on any atom is 0.297 e. The molecule has 1 aliphatic rings. The van der Waals surface area contributed by atoms with E-state index in [4.69, 9.17) is 4.18 Å². The van der Waals surface area contributed by atoms with Crippen molar-refractivity contribution in [3.8, 4) is 0 Å². The zero-order valence-electron chi connectivity index (χ0n) is 14.8. The lowest BCUT2D eigenvalue weighted by Crippen LogP contribution is -2.19. The van der Waals surface area contributed by atoms with Crippen molar-refractivity contribution >= 4 is 20.1 Å². The fourth-order valence-corrected chi connectivity index (χ4v) is 5.52. The molecule has 1 aliphatic heterocycles. The van der Waals surface area contributed by atoms with Crippen molar-refractivity contribution in [2.75, 3.05) is 6.61 Å². The van der Waals surface area contributed by atoms with E-state index in [1.165, 1.54) is 16.4 Å². The normalized spacial score (nSPS) is 23.0. The average Bonchev–Trinajstić information content (AvgIpc) is 3.25. The van der Waals surface area contributed by atoms with Gasteiger partial charge in [-0.2, -0.15) is 12.7 Å². The molecule has 0 saturated carbocycles. The second-order valence-corrected chi connectivity index (χ2v) is 9.97. The molecular weight excluding hydrogens is 374 g/mol. The van der Waals surface area contributed by atoms with Crippen molar-refractivity contribution in [3.05, 3.63) is 59.7 Å². The van der Waals surface area contributed by atoms with E-state index in [1.54, 1.807) is 43.3 Å². The molecule has 1 heterocycles. The fourth-order valence-electron chi connectivity index (χ4n) is 2.76. The minimum atomic E-state index is -3.92. The Bertz CT molecular complexity index is 997. The first-order valence-corrected chi connectivity index (χ1v) is 11.0. The molecule has 8 heteroatoms. The van der Waals surface area contributed by atoms with Gasteiger partial charge in [-0.1, -0.05) is 35.4 Å². The quantitative estimate of drug-likeness (QED) is 0.554. The first-order chi connectivity index (χ1) is 12.1. The topological polar surface area (TPSA) is 80.5 Å². The smallest absolute Gasteiger partial charge is 0.265 e. The van der Waals surface area contributed by atoms with Crippen LogP contribution < -0.4 is 0 Å². The van der Waals surface area contributed by atoms with E-state index in [2.05, 4.69) is 0 Å².